The average molecular weight is 495 g/mol. The number of imidazole rings is 1. The minimum atomic E-state index is -1.15. The molecule has 0 unspecified atom stereocenters. The van der Waals surface area contributed by atoms with Crippen molar-refractivity contribution in [2.45, 2.75) is 18.0 Å². The van der Waals surface area contributed by atoms with Crippen LogP contribution in [-0.2, 0) is 11.3 Å². The monoisotopic (exact) mass is 494 g/mol. The van der Waals surface area contributed by atoms with E-state index in [1.54, 1.807) is 49.8 Å². The number of rotatable bonds is 4. The molecule has 0 bridgehead atoms. The lowest BCUT2D eigenvalue weighted by Gasteiger charge is -2.34. The number of nitrogens with zero attached hydrogens (tertiary/aromatic N) is 5. The van der Waals surface area contributed by atoms with Gasteiger partial charge in [-0.15, -0.1) is 0 Å². The van der Waals surface area contributed by atoms with Crippen molar-refractivity contribution in [1.29, 1.82) is 5.26 Å². The standard InChI is InChI=1S/C24H20Cl2N6O2/c1-30-23(34)32(19-9-17(25)8-18(26)10-19)22(33)24(30)14-31(13-21-28-6-7-29-21)12-20(24)16-4-2-15(11-27)3-5-16/h2-10,20H,12-14H2,1H3,(H,28,29)/t20-,24+/m0/s1. The molecular formula is C24H20Cl2N6O2. The van der Waals surface area contributed by atoms with Crippen LogP contribution in [0.3, 0.4) is 0 Å². The number of H-pyrrole nitrogens is 1. The van der Waals surface area contributed by atoms with Crippen molar-refractivity contribution in [3.63, 3.8) is 0 Å². The molecule has 8 nitrogen and oxygen atoms in total. The normalized spacial score (nSPS) is 22.7. The third-order valence-corrected chi connectivity index (χ3v) is 7.04. The third kappa shape index (κ3) is 3.53. The van der Waals surface area contributed by atoms with Crippen molar-refractivity contribution < 1.29 is 9.59 Å². The summed E-state index contributed by atoms with van der Waals surface area (Å²) < 4.78 is 0. The molecule has 3 heterocycles. The van der Waals surface area contributed by atoms with Gasteiger partial charge in [0.2, 0.25) is 0 Å². The Morgan fingerprint density at radius 3 is 2.50 bits per heavy atom. The van der Waals surface area contributed by atoms with Gasteiger partial charge in [0, 0.05) is 48.5 Å². The molecule has 2 saturated heterocycles. The number of carbonyl (C=O) groups is 2. The van der Waals surface area contributed by atoms with Crippen LogP contribution in [0.5, 0.6) is 0 Å². The molecule has 3 aromatic rings. The summed E-state index contributed by atoms with van der Waals surface area (Å²) in [4.78, 5) is 39.8. The lowest BCUT2D eigenvalue weighted by molar-refractivity contribution is -0.124. The summed E-state index contributed by atoms with van der Waals surface area (Å²) in [5, 5.41) is 9.87. The molecule has 0 saturated carbocycles. The number of likely N-dealkylation sites (N-methyl/N-ethyl adjacent to an activating group) is 1. The Hall–Kier alpha value is -3.38. The van der Waals surface area contributed by atoms with E-state index in [-0.39, 0.29) is 11.8 Å². The zero-order valence-electron chi connectivity index (χ0n) is 18.2. The van der Waals surface area contributed by atoms with Gasteiger partial charge in [-0.3, -0.25) is 9.69 Å². The van der Waals surface area contributed by atoms with E-state index in [1.165, 1.54) is 4.90 Å². The number of aromatic amines is 1. The average Bonchev–Trinajstić information content (AvgIpc) is 3.50. The van der Waals surface area contributed by atoms with Crippen LogP contribution < -0.4 is 4.90 Å². The van der Waals surface area contributed by atoms with Crippen LogP contribution in [0, 0.1) is 11.3 Å². The molecular weight excluding hydrogens is 475 g/mol. The first-order chi connectivity index (χ1) is 16.3. The number of carbonyl (C=O) groups excluding carboxylic acids is 2. The second kappa shape index (κ2) is 8.44. The molecule has 172 valence electrons. The van der Waals surface area contributed by atoms with Crippen molar-refractivity contribution in [2.75, 3.05) is 25.0 Å². The molecule has 10 heteroatoms. The third-order valence-electron chi connectivity index (χ3n) is 6.61. The van der Waals surface area contributed by atoms with E-state index >= 15 is 0 Å². The van der Waals surface area contributed by atoms with Gasteiger partial charge in [0.1, 0.15) is 11.4 Å². The second-order valence-electron chi connectivity index (χ2n) is 8.53. The van der Waals surface area contributed by atoms with Crippen LogP contribution in [0.1, 0.15) is 22.9 Å². The topological polar surface area (TPSA) is 96.3 Å². The smallest absolute Gasteiger partial charge is 0.332 e. The number of amides is 3. The SMILES string of the molecule is CN1C(=O)N(c2cc(Cl)cc(Cl)c2)C(=O)[C@]12CN(Cc1ncc[nH]1)C[C@H]2c1ccc(C#N)cc1. The quantitative estimate of drug-likeness (QED) is 0.552. The van der Waals surface area contributed by atoms with E-state index in [9.17, 15) is 14.9 Å². The Balaban J connectivity index is 1.59. The minimum Gasteiger partial charge on any atom is -0.348 e. The molecule has 1 spiro atoms. The first-order valence-corrected chi connectivity index (χ1v) is 11.4. The van der Waals surface area contributed by atoms with Gasteiger partial charge in [-0.1, -0.05) is 35.3 Å². The van der Waals surface area contributed by atoms with Crippen molar-refractivity contribution in [2.24, 2.45) is 0 Å². The number of urea groups is 1. The maximum Gasteiger partial charge on any atom is 0.332 e. The second-order valence-corrected chi connectivity index (χ2v) is 9.40. The predicted octanol–water partition coefficient (Wildman–Crippen LogP) is 4.02. The summed E-state index contributed by atoms with van der Waals surface area (Å²) in [6.45, 7) is 1.35. The van der Waals surface area contributed by atoms with Crippen LogP contribution in [-0.4, -0.2) is 57.4 Å². The number of likely N-dealkylation sites (tertiary alicyclic amines) is 1. The van der Waals surface area contributed by atoms with E-state index in [2.05, 4.69) is 20.9 Å². The first-order valence-electron chi connectivity index (χ1n) is 10.6. The van der Waals surface area contributed by atoms with Gasteiger partial charge >= 0.3 is 6.03 Å². The maximum absolute atomic E-state index is 14.1. The van der Waals surface area contributed by atoms with Gasteiger partial charge in [0.15, 0.2) is 0 Å². The van der Waals surface area contributed by atoms with Crippen molar-refractivity contribution in [3.05, 3.63) is 81.9 Å². The van der Waals surface area contributed by atoms with Crippen LogP contribution in [0.25, 0.3) is 0 Å². The molecule has 1 N–H and O–H groups in total. The van der Waals surface area contributed by atoms with E-state index in [4.69, 9.17) is 23.2 Å². The van der Waals surface area contributed by atoms with Crippen molar-refractivity contribution in [1.82, 2.24) is 19.8 Å². The summed E-state index contributed by atoms with van der Waals surface area (Å²) in [5.74, 6) is 0.111. The number of anilines is 1. The predicted molar refractivity (Wildman–Crippen MR) is 128 cm³/mol. The van der Waals surface area contributed by atoms with Gasteiger partial charge in [-0.25, -0.2) is 14.7 Å². The van der Waals surface area contributed by atoms with Crippen molar-refractivity contribution >= 4 is 40.8 Å². The Morgan fingerprint density at radius 1 is 1.18 bits per heavy atom. The Bertz CT molecular complexity index is 1280. The number of aromatic nitrogens is 2. The number of imide groups is 1. The largest absolute Gasteiger partial charge is 0.348 e. The van der Waals surface area contributed by atoms with Gasteiger partial charge in [-0.05, 0) is 35.9 Å². The van der Waals surface area contributed by atoms with Crippen molar-refractivity contribution in [3.8, 4) is 6.07 Å². The Morgan fingerprint density at radius 2 is 1.88 bits per heavy atom. The summed E-state index contributed by atoms with van der Waals surface area (Å²) in [6, 6.07) is 13.5. The molecule has 0 radical (unpaired) electrons. The Labute approximate surface area is 206 Å². The highest BCUT2D eigenvalue weighted by atomic mass is 35.5. The summed E-state index contributed by atoms with van der Waals surface area (Å²) >= 11 is 12.4. The van der Waals surface area contributed by atoms with Crippen LogP contribution in [0.15, 0.2) is 54.9 Å². The van der Waals surface area contributed by atoms with E-state index < -0.39 is 11.6 Å². The lowest BCUT2D eigenvalue weighted by atomic mass is 9.80. The summed E-state index contributed by atoms with van der Waals surface area (Å²) in [5.41, 5.74) is 0.590. The molecule has 5 rings (SSSR count). The van der Waals surface area contributed by atoms with E-state index in [0.29, 0.717) is 40.9 Å². The number of halogens is 2. The number of nitrogens with one attached hydrogen (secondary N) is 1. The van der Waals surface area contributed by atoms with Crippen LogP contribution in [0.2, 0.25) is 10.0 Å². The number of hydrogen-bond donors (Lipinski definition) is 1. The fourth-order valence-electron chi connectivity index (χ4n) is 5.01. The van der Waals surface area contributed by atoms with Gasteiger partial charge in [0.25, 0.3) is 5.91 Å². The first kappa shape index (κ1) is 22.4. The molecule has 2 atom stereocenters. The zero-order chi connectivity index (χ0) is 24.0. The molecule has 2 aliphatic heterocycles. The summed E-state index contributed by atoms with van der Waals surface area (Å²) in [7, 11) is 1.65. The fraction of sp³-hybridized carbons (Fsp3) is 0.250. The van der Waals surface area contributed by atoms with E-state index in [1.807, 2.05) is 12.1 Å². The number of benzene rings is 2. The minimum absolute atomic E-state index is 0.323. The van der Waals surface area contributed by atoms with Crippen LogP contribution >= 0.6 is 23.2 Å². The number of hydrogen-bond acceptors (Lipinski definition) is 5. The molecule has 0 aliphatic carbocycles. The number of nitriles is 1. The zero-order valence-corrected chi connectivity index (χ0v) is 19.7. The lowest BCUT2D eigenvalue weighted by Crippen LogP contribution is -2.53. The van der Waals surface area contributed by atoms with E-state index in [0.717, 1.165) is 16.3 Å². The molecule has 2 fully saturated rings. The molecule has 34 heavy (non-hydrogen) atoms. The fourth-order valence-corrected chi connectivity index (χ4v) is 5.52. The molecule has 2 aliphatic rings. The van der Waals surface area contributed by atoms with Crippen LogP contribution in [0.4, 0.5) is 10.5 Å². The van der Waals surface area contributed by atoms with Gasteiger partial charge < -0.3 is 9.88 Å². The molecule has 2 aromatic carbocycles. The Kier molecular flexibility index (Phi) is 5.56. The highest BCUT2D eigenvalue weighted by molar-refractivity contribution is 6.35. The summed E-state index contributed by atoms with van der Waals surface area (Å²) in [6.07, 6.45) is 3.43. The molecule has 1 aromatic heterocycles. The highest BCUT2D eigenvalue weighted by Crippen LogP contribution is 2.46. The highest BCUT2D eigenvalue weighted by Gasteiger charge is 2.64. The maximum atomic E-state index is 14.1. The van der Waals surface area contributed by atoms with Gasteiger partial charge in [0.05, 0.1) is 23.9 Å². The van der Waals surface area contributed by atoms with Gasteiger partial charge in [-0.2, -0.15) is 5.26 Å². The molecule has 3 amide bonds.